The van der Waals surface area contributed by atoms with Crippen molar-refractivity contribution in [1.29, 1.82) is 0 Å². The summed E-state index contributed by atoms with van der Waals surface area (Å²) in [6.07, 6.45) is 1.33. The van der Waals surface area contributed by atoms with Gasteiger partial charge in [-0.25, -0.2) is 16.8 Å². The average molecular weight is 403 g/mol. The molecule has 1 N–H and O–H groups in total. The fourth-order valence-electron chi connectivity index (χ4n) is 3.07. The van der Waals surface area contributed by atoms with Gasteiger partial charge in [0.2, 0.25) is 20.0 Å². The summed E-state index contributed by atoms with van der Waals surface area (Å²) < 4.78 is 55.4. The monoisotopic (exact) mass is 402 g/mol. The predicted octanol–water partition coefficient (Wildman–Crippen LogP) is -0.236. The molecule has 0 aromatic carbocycles. The van der Waals surface area contributed by atoms with Crippen LogP contribution in [0.15, 0.2) is 16.0 Å². The summed E-state index contributed by atoms with van der Waals surface area (Å²) >= 11 is 0. The van der Waals surface area contributed by atoms with E-state index in [2.05, 4.69) is 15.3 Å². The molecule has 12 heteroatoms. The first kappa shape index (κ1) is 19.0. The van der Waals surface area contributed by atoms with Crippen molar-refractivity contribution in [2.75, 3.05) is 26.2 Å². The van der Waals surface area contributed by atoms with Gasteiger partial charge in [-0.15, -0.1) is 0 Å². The van der Waals surface area contributed by atoms with Gasteiger partial charge in [0.1, 0.15) is 9.79 Å². The number of aromatic nitrogens is 4. The van der Waals surface area contributed by atoms with E-state index in [1.165, 1.54) is 19.5 Å². The number of aromatic amines is 1. The molecular weight excluding hydrogens is 380 g/mol. The fourth-order valence-corrected chi connectivity index (χ4v) is 6.43. The first-order valence-electron chi connectivity index (χ1n) is 8.07. The topological polar surface area (TPSA) is 121 Å². The number of aryl methyl sites for hydroxylation is 3. The van der Waals surface area contributed by atoms with Gasteiger partial charge in [0.15, 0.2) is 0 Å². The highest BCUT2D eigenvalue weighted by Gasteiger charge is 2.36. The van der Waals surface area contributed by atoms with Crippen LogP contribution < -0.4 is 0 Å². The van der Waals surface area contributed by atoms with Crippen molar-refractivity contribution in [2.45, 2.75) is 30.6 Å². The minimum Gasteiger partial charge on any atom is -0.281 e. The van der Waals surface area contributed by atoms with E-state index in [4.69, 9.17) is 0 Å². The molecule has 3 heterocycles. The standard InChI is InChI=1S/C14H22N6O4S2/c1-10-14(11(2)17-16-10)26(23,24)20-7-5-19(6-8-20)25(21,22)13-9-15-18(4)12(13)3/h9H,5-8H2,1-4H3,(H,16,17). The van der Waals surface area contributed by atoms with Gasteiger partial charge in [0.05, 0.1) is 23.3 Å². The molecule has 1 aliphatic rings. The van der Waals surface area contributed by atoms with Crippen LogP contribution in [-0.2, 0) is 27.1 Å². The van der Waals surface area contributed by atoms with Crippen LogP contribution >= 0.6 is 0 Å². The SMILES string of the molecule is Cc1n[nH]c(C)c1S(=O)(=O)N1CCN(S(=O)(=O)c2cnn(C)c2C)CC1. The van der Waals surface area contributed by atoms with Gasteiger partial charge in [-0.1, -0.05) is 0 Å². The molecule has 0 unspecified atom stereocenters. The Bertz CT molecular complexity index is 1010. The van der Waals surface area contributed by atoms with E-state index in [1.54, 1.807) is 27.8 Å². The largest absolute Gasteiger partial charge is 0.281 e. The molecule has 144 valence electrons. The van der Waals surface area contributed by atoms with Crippen molar-refractivity contribution in [3.8, 4) is 0 Å². The minimum atomic E-state index is -3.72. The first-order chi connectivity index (χ1) is 12.1. The van der Waals surface area contributed by atoms with Gasteiger partial charge in [-0.3, -0.25) is 9.78 Å². The summed E-state index contributed by atoms with van der Waals surface area (Å²) in [5.41, 5.74) is 1.43. The number of nitrogens with zero attached hydrogens (tertiary/aromatic N) is 5. The van der Waals surface area contributed by atoms with Gasteiger partial charge < -0.3 is 0 Å². The third kappa shape index (κ3) is 2.96. The molecule has 1 aliphatic heterocycles. The second-order valence-electron chi connectivity index (χ2n) is 6.29. The van der Waals surface area contributed by atoms with Crippen molar-refractivity contribution < 1.29 is 16.8 Å². The van der Waals surface area contributed by atoms with E-state index >= 15 is 0 Å². The normalized spacial score (nSPS) is 17.7. The molecular formula is C14H22N6O4S2. The molecule has 0 radical (unpaired) electrons. The highest BCUT2D eigenvalue weighted by molar-refractivity contribution is 7.89. The van der Waals surface area contributed by atoms with Crippen LogP contribution in [-0.4, -0.2) is 71.6 Å². The molecule has 0 amide bonds. The Hall–Kier alpha value is -1.76. The smallest absolute Gasteiger partial charge is 0.246 e. The zero-order valence-corrected chi connectivity index (χ0v) is 16.7. The maximum absolute atomic E-state index is 12.9. The zero-order valence-electron chi connectivity index (χ0n) is 15.1. The average Bonchev–Trinajstić information content (AvgIpc) is 3.10. The van der Waals surface area contributed by atoms with Crippen molar-refractivity contribution >= 4 is 20.0 Å². The molecule has 1 saturated heterocycles. The van der Waals surface area contributed by atoms with Gasteiger partial charge in [0.25, 0.3) is 0 Å². The van der Waals surface area contributed by atoms with Crippen molar-refractivity contribution in [2.24, 2.45) is 7.05 Å². The van der Waals surface area contributed by atoms with Gasteiger partial charge in [-0.05, 0) is 20.8 Å². The highest BCUT2D eigenvalue weighted by atomic mass is 32.2. The van der Waals surface area contributed by atoms with E-state index in [9.17, 15) is 16.8 Å². The summed E-state index contributed by atoms with van der Waals surface area (Å²) in [6.45, 7) is 5.32. The first-order valence-corrected chi connectivity index (χ1v) is 11.0. The molecule has 0 saturated carbocycles. The summed E-state index contributed by atoms with van der Waals surface area (Å²) in [5, 5.41) is 10.6. The molecule has 1 fully saturated rings. The summed E-state index contributed by atoms with van der Waals surface area (Å²) in [4.78, 5) is 0.315. The quantitative estimate of drug-likeness (QED) is 0.754. The molecule has 3 rings (SSSR count). The summed E-state index contributed by atoms with van der Waals surface area (Å²) in [5.74, 6) is 0. The lowest BCUT2D eigenvalue weighted by atomic mass is 10.4. The van der Waals surface area contributed by atoms with Gasteiger partial charge in [-0.2, -0.15) is 18.8 Å². The Morgan fingerprint density at radius 1 is 0.962 bits per heavy atom. The summed E-state index contributed by atoms with van der Waals surface area (Å²) in [6, 6.07) is 0. The molecule has 26 heavy (non-hydrogen) atoms. The minimum absolute atomic E-state index is 0.0882. The maximum Gasteiger partial charge on any atom is 0.246 e. The Balaban J connectivity index is 1.80. The zero-order chi connectivity index (χ0) is 19.3. The molecule has 2 aromatic heterocycles. The van der Waals surface area contributed by atoms with E-state index < -0.39 is 20.0 Å². The number of sulfonamides is 2. The highest BCUT2D eigenvalue weighted by Crippen LogP contribution is 2.25. The van der Waals surface area contributed by atoms with Gasteiger partial charge >= 0.3 is 0 Å². The number of piperazine rings is 1. The Labute approximate surface area is 152 Å². The molecule has 0 spiro atoms. The molecule has 0 bridgehead atoms. The van der Waals surface area contributed by atoms with Crippen LogP contribution in [0.3, 0.4) is 0 Å². The van der Waals surface area contributed by atoms with Crippen molar-refractivity contribution in [1.82, 2.24) is 28.6 Å². The van der Waals surface area contributed by atoms with Crippen molar-refractivity contribution in [3.63, 3.8) is 0 Å². The predicted molar refractivity (Wildman–Crippen MR) is 93.5 cm³/mol. The second-order valence-corrected chi connectivity index (χ2v) is 10.1. The molecule has 0 aliphatic carbocycles. The molecule has 0 atom stereocenters. The third-order valence-electron chi connectivity index (χ3n) is 4.66. The fraction of sp³-hybridized carbons (Fsp3) is 0.571. The van der Waals surface area contributed by atoms with Crippen LogP contribution in [0.2, 0.25) is 0 Å². The summed E-state index contributed by atoms with van der Waals surface area (Å²) in [7, 11) is -5.74. The van der Waals surface area contributed by atoms with E-state index in [0.29, 0.717) is 17.1 Å². The van der Waals surface area contributed by atoms with Crippen LogP contribution in [0.5, 0.6) is 0 Å². The lowest BCUT2D eigenvalue weighted by Crippen LogP contribution is -2.50. The van der Waals surface area contributed by atoms with Crippen molar-refractivity contribution in [3.05, 3.63) is 23.3 Å². The number of hydrogen-bond donors (Lipinski definition) is 1. The Morgan fingerprint density at radius 2 is 1.50 bits per heavy atom. The van der Waals surface area contributed by atoms with E-state index in [-0.39, 0.29) is 36.0 Å². The van der Waals surface area contributed by atoms with E-state index in [0.717, 1.165) is 0 Å². The van der Waals surface area contributed by atoms with E-state index in [1.807, 2.05) is 0 Å². The Kier molecular flexibility index (Phi) is 4.71. The second kappa shape index (κ2) is 6.44. The van der Waals surface area contributed by atoms with Crippen LogP contribution in [0.25, 0.3) is 0 Å². The number of hydrogen-bond acceptors (Lipinski definition) is 6. The number of nitrogens with one attached hydrogen (secondary N) is 1. The molecule has 10 nitrogen and oxygen atoms in total. The third-order valence-corrected chi connectivity index (χ3v) is 8.83. The lowest BCUT2D eigenvalue weighted by molar-refractivity contribution is 0.272. The Morgan fingerprint density at radius 3 is 1.92 bits per heavy atom. The molecule has 2 aromatic rings. The number of H-pyrrole nitrogens is 1. The van der Waals surface area contributed by atoms with Crippen LogP contribution in [0, 0.1) is 20.8 Å². The van der Waals surface area contributed by atoms with Crippen LogP contribution in [0.1, 0.15) is 17.1 Å². The van der Waals surface area contributed by atoms with Gasteiger partial charge in [0, 0.05) is 33.2 Å². The van der Waals surface area contributed by atoms with Crippen LogP contribution in [0.4, 0.5) is 0 Å². The number of rotatable bonds is 4. The lowest BCUT2D eigenvalue weighted by Gasteiger charge is -2.33. The maximum atomic E-state index is 12.9.